The number of carboxylic acid groups (broad SMARTS) is 1. The average Bonchev–Trinajstić information content (AvgIpc) is 2.84. The van der Waals surface area contributed by atoms with E-state index in [9.17, 15) is 15.2 Å². The smallest absolute Gasteiger partial charge is 0.358 e. The second kappa shape index (κ2) is 4.90. The van der Waals surface area contributed by atoms with Crippen molar-refractivity contribution in [2.24, 2.45) is 0 Å². The highest BCUT2D eigenvalue weighted by Crippen LogP contribution is 2.29. The Morgan fingerprint density at radius 1 is 1.36 bits per heavy atom. The summed E-state index contributed by atoms with van der Waals surface area (Å²) in [7, 11) is 0. The Kier molecular flexibility index (Phi) is 3.04. The molecule has 0 fully saturated rings. The summed E-state index contributed by atoms with van der Waals surface area (Å²) in [6.07, 6.45) is 3.19. The van der Waals surface area contributed by atoms with Crippen LogP contribution in [0.2, 0.25) is 0 Å². The zero-order valence-corrected chi connectivity index (χ0v) is 11.6. The van der Waals surface area contributed by atoms with Crippen LogP contribution in [0.25, 0.3) is 16.8 Å². The van der Waals surface area contributed by atoms with E-state index in [-0.39, 0.29) is 0 Å². The Balaban J connectivity index is 2.25. The molecule has 0 unspecified atom stereocenters. The zero-order valence-electron chi connectivity index (χ0n) is 11.6. The molecule has 0 aliphatic carbocycles. The summed E-state index contributed by atoms with van der Waals surface area (Å²) in [5.74, 6) is -1.71. The van der Waals surface area contributed by atoms with Crippen LogP contribution in [-0.4, -0.2) is 25.6 Å². The fourth-order valence-electron chi connectivity index (χ4n) is 2.37. The van der Waals surface area contributed by atoms with E-state index in [1.165, 1.54) is 12.3 Å². The number of aryl methyl sites for hydroxylation is 1. The molecule has 6 nitrogen and oxygen atoms in total. The second-order valence-corrected chi connectivity index (χ2v) is 4.91. The van der Waals surface area contributed by atoms with Crippen LogP contribution in [0.15, 0.2) is 36.7 Å². The van der Waals surface area contributed by atoms with Crippen molar-refractivity contribution in [1.82, 2.24) is 9.38 Å². The van der Waals surface area contributed by atoms with Crippen molar-refractivity contribution < 1.29 is 15.0 Å². The molecule has 0 aromatic carbocycles. The largest absolute Gasteiger partial charge is 0.505 e. The Morgan fingerprint density at radius 2 is 2.14 bits per heavy atom. The molecule has 0 bridgehead atoms. The molecule has 3 rings (SSSR count). The molecule has 3 aromatic heterocycles. The van der Waals surface area contributed by atoms with Gasteiger partial charge < -0.3 is 14.6 Å². The molecule has 22 heavy (non-hydrogen) atoms. The quantitative estimate of drug-likeness (QED) is 0.756. The lowest BCUT2D eigenvalue weighted by molar-refractivity contribution is 0.0687. The predicted octanol–water partition coefficient (Wildman–Crippen LogP) is 2.59. The van der Waals surface area contributed by atoms with Crippen molar-refractivity contribution in [3.63, 3.8) is 0 Å². The van der Waals surface area contributed by atoms with Crippen LogP contribution in [-0.2, 0) is 0 Å². The van der Waals surface area contributed by atoms with Gasteiger partial charge in [0, 0.05) is 18.0 Å². The first-order valence-electron chi connectivity index (χ1n) is 6.45. The Labute approximate surface area is 125 Å². The lowest BCUT2D eigenvalue weighted by Crippen LogP contribution is -2.00. The molecule has 108 valence electrons. The highest BCUT2D eigenvalue weighted by Gasteiger charge is 2.15. The van der Waals surface area contributed by atoms with E-state index in [0.717, 1.165) is 11.1 Å². The lowest BCUT2D eigenvalue weighted by Gasteiger charge is -2.05. The number of carbonyl (C=O) groups is 1. The maximum Gasteiger partial charge on any atom is 0.358 e. The summed E-state index contributed by atoms with van der Waals surface area (Å²) in [4.78, 5) is 14.7. The van der Waals surface area contributed by atoms with Crippen molar-refractivity contribution in [3.8, 4) is 23.1 Å². The van der Waals surface area contributed by atoms with Gasteiger partial charge in [-0.1, -0.05) is 0 Å². The molecule has 0 saturated carbocycles. The fraction of sp³-hybridized carbons (Fsp3) is 0.0625. The van der Waals surface area contributed by atoms with Gasteiger partial charge in [0.05, 0.1) is 16.8 Å². The Bertz CT molecular complexity index is 951. The number of fused-ring (bicyclic) bond motifs is 1. The number of aromatic hydroxyl groups is 1. The molecular weight excluding hydrogens is 282 g/mol. The summed E-state index contributed by atoms with van der Waals surface area (Å²) >= 11 is 0. The second-order valence-electron chi connectivity index (χ2n) is 4.91. The number of nitrogens with zero attached hydrogens (tertiary/aromatic N) is 3. The number of carboxylic acids is 1. The van der Waals surface area contributed by atoms with Gasteiger partial charge in [0.1, 0.15) is 11.8 Å². The van der Waals surface area contributed by atoms with Gasteiger partial charge in [-0.05, 0) is 36.8 Å². The summed E-state index contributed by atoms with van der Waals surface area (Å²) in [6.45, 7) is 1.93. The summed E-state index contributed by atoms with van der Waals surface area (Å²) in [5, 5.41) is 27.9. The van der Waals surface area contributed by atoms with E-state index in [0.29, 0.717) is 16.8 Å². The molecule has 0 aliphatic rings. The monoisotopic (exact) mass is 293 g/mol. The van der Waals surface area contributed by atoms with E-state index in [1.807, 2.05) is 29.7 Å². The fourth-order valence-corrected chi connectivity index (χ4v) is 2.37. The first kappa shape index (κ1) is 13.6. The van der Waals surface area contributed by atoms with E-state index in [4.69, 9.17) is 5.11 Å². The highest BCUT2D eigenvalue weighted by molar-refractivity contribution is 5.89. The molecule has 3 aromatic rings. The SMILES string of the molecule is Cc1ccn2c(-c3cnc(C(=O)O)c(O)c3)cc(C#N)c2c1. The van der Waals surface area contributed by atoms with Gasteiger partial charge in [-0.15, -0.1) is 0 Å². The van der Waals surface area contributed by atoms with Gasteiger partial charge in [0.2, 0.25) is 0 Å². The minimum atomic E-state index is -1.29. The van der Waals surface area contributed by atoms with E-state index in [1.54, 1.807) is 6.07 Å². The van der Waals surface area contributed by atoms with Gasteiger partial charge in [-0.3, -0.25) is 0 Å². The van der Waals surface area contributed by atoms with Crippen molar-refractivity contribution in [1.29, 1.82) is 5.26 Å². The van der Waals surface area contributed by atoms with Gasteiger partial charge >= 0.3 is 5.97 Å². The van der Waals surface area contributed by atoms with Crippen LogP contribution < -0.4 is 0 Å². The normalized spacial score (nSPS) is 10.5. The molecule has 0 radical (unpaired) electrons. The summed E-state index contributed by atoms with van der Waals surface area (Å²) < 4.78 is 1.81. The standard InChI is InChI=1S/C16H11N3O3/c1-9-2-3-19-12(4-9)10(7-17)5-13(19)11-6-14(20)15(16(21)22)18-8-11/h2-6,8,20H,1H3,(H,21,22). The third kappa shape index (κ3) is 2.05. The molecule has 0 saturated heterocycles. The highest BCUT2D eigenvalue weighted by atomic mass is 16.4. The number of rotatable bonds is 2. The number of hydrogen-bond acceptors (Lipinski definition) is 4. The van der Waals surface area contributed by atoms with Crippen LogP contribution >= 0.6 is 0 Å². The van der Waals surface area contributed by atoms with Gasteiger partial charge in [-0.2, -0.15) is 5.26 Å². The number of aromatic carboxylic acids is 1. The van der Waals surface area contributed by atoms with Gasteiger partial charge in [0.25, 0.3) is 0 Å². The first-order chi connectivity index (χ1) is 10.5. The topological polar surface area (TPSA) is 98.6 Å². The number of hydrogen-bond donors (Lipinski definition) is 2. The minimum Gasteiger partial charge on any atom is -0.505 e. The number of aromatic nitrogens is 2. The summed E-state index contributed by atoms with van der Waals surface area (Å²) in [5.41, 5.74) is 3.06. The molecule has 0 spiro atoms. The molecular formula is C16H11N3O3. The maximum atomic E-state index is 10.9. The van der Waals surface area contributed by atoms with Crippen LogP contribution in [0.5, 0.6) is 5.75 Å². The van der Waals surface area contributed by atoms with Crippen molar-refractivity contribution >= 4 is 11.5 Å². The third-order valence-corrected chi connectivity index (χ3v) is 3.41. The zero-order chi connectivity index (χ0) is 15.9. The average molecular weight is 293 g/mol. The summed E-state index contributed by atoms with van der Waals surface area (Å²) in [6, 6.07) is 8.94. The Morgan fingerprint density at radius 3 is 2.77 bits per heavy atom. The van der Waals surface area contributed by atoms with Crippen molar-refractivity contribution in [2.45, 2.75) is 6.92 Å². The van der Waals surface area contributed by atoms with Crippen LogP contribution in [0, 0.1) is 18.3 Å². The van der Waals surface area contributed by atoms with E-state index >= 15 is 0 Å². The van der Waals surface area contributed by atoms with Crippen molar-refractivity contribution in [3.05, 3.63) is 53.5 Å². The molecule has 3 heterocycles. The molecule has 6 heteroatoms. The van der Waals surface area contributed by atoms with Crippen molar-refractivity contribution in [2.75, 3.05) is 0 Å². The number of pyridine rings is 2. The lowest BCUT2D eigenvalue weighted by atomic mass is 10.1. The van der Waals surface area contributed by atoms with Gasteiger partial charge in [0.15, 0.2) is 5.69 Å². The molecule has 0 aliphatic heterocycles. The van der Waals surface area contributed by atoms with Crippen LogP contribution in [0.4, 0.5) is 0 Å². The molecule has 2 N–H and O–H groups in total. The predicted molar refractivity (Wildman–Crippen MR) is 78.7 cm³/mol. The van der Waals surface area contributed by atoms with Crippen LogP contribution in [0.1, 0.15) is 21.6 Å². The van der Waals surface area contributed by atoms with Crippen LogP contribution in [0.3, 0.4) is 0 Å². The molecule has 0 atom stereocenters. The minimum absolute atomic E-state index is 0.402. The number of nitriles is 1. The molecule has 0 amide bonds. The van der Waals surface area contributed by atoms with E-state index in [2.05, 4.69) is 11.1 Å². The van der Waals surface area contributed by atoms with Gasteiger partial charge in [-0.25, -0.2) is 9.78 Å². The third-order valence-electron chi connectivity index (χ3n) is 3.41. The first-order valence-corrected chi connectivity index (χ1v) is 6.45. The Hall–Kier alpha value is -3.33. The maximum absolute atomic E-state index is 10.9. The van der Waals surface area contributed by atoms with E-state index < -0.39 is 17.4 Å².